The molecular weight excluding hydrogens is 366 g/mol. The van der Waals surface area contributed by atoms with E-state index in [1.807, 2.05) is 6.92 Å². The molecule has 1 spiro atoms. The van der Waals surface area contributed by atoms with E-state index < -0.39 is 0 Å². The fourth-order valence-corrected chi connectivity index (χ4v) is 4.19. The van der Waals surface area contributed by atoms with Gasteiger partial charge in [0.2, 0.25) is 0 Å². The smallest absolute Gasteiger partial charge is 0.134 e. The van der Waals surface area contributed by atoms with Crippen LogP contribution in [0, 0.1) is 16.7 Å². The number of hydrogen-bond donors (Lipinski definition) is 1. The van der Waals surface area contributed by atoms with Gasteiger partial charge in [0.15, 0.2) is 0 Å². The highest BCUT2D eigenvalue weighted by atomic mass is 16.5. The summed E-state index contributed by atoms with van der Waals surface area (Å²) in [4.78, 5) is 11.5. The standard InChI is InChI=1S/C22H29N5O2/c1-3-16(11-23)8-19(24-2)25-20-9-18(17-4-6-28-7-5-17)10-21(26-20)27-12-22(13-27)14-29-15-22/h8-10,17H,3-7,12-15H2,1-2H3,(H,24,25,26)/b16-8+. The van der Waals surface area contributed by atoms with Crippen molar-refractivity contribution in [2.75, 3.05) is 56.8 Å². The Morgan fingerprint density at radius 2 is 2.10 bits per heavy atom. The molecule has 0 aromatic carbocycles. The fraction of sp³-hybridized carbons (Fsp3) is 0.591. The summed E-state index contributed by atoms with van der Waals surface area (Å²) in [6.45, 7) is 7.30. The largest absolute Gasteiger partial charge is 0.381 e. The third-order valence-corrected chi connectivity index (χ3v) is 6.05. The number of allylic oxidation sites excluding steroid dienone is 1. The first-order valence-electron chi connectivity index (χ1n) is 10.4. The molecule has 1 aromatic heterocycles. The van der Waals surface area contributed by atoms with E-state index >= 15 is 0 Å². The molecule has 3 saturated heterocycles. The Kier molecular flexibility index (Phi) is 5.84. The van der Waals surface area contributed by atoms with Crippen LogP contribution < -0.4 is 10.2 Å². The second kappa shape index (κ2) is 8.52. The zero-order valence-electron chi connectivity index (χ0n) is 17.3. The van der Waals surface area contributed by atoms with E-state index in [2.05, 4.69) is 33.4 Å². The van der Waals surface area contributed by atoms with Crippen molar-refractivity contribution >= 4 is 17.5 Å². The predicted molar refractivity (Wildman–Crippen MR) is 113 cm³/mol. The molecule has 154 valence electrons. The van der Waals surface area contributed by atoms with Crippen LogP contribution in [0.3, 0.4) is 0 Å². The molecule has 0 bridgehead atoms. The van der Waals surface area contributed by atoms with Crippen LogP contribution in [0.1, 0.15) is 37.7 Å². The third kappa shape index (κ3) is 4.29. The van der Waals surface area contributed by atoms with Crippen LogP contribution in [0.2, 0.25) is 0 Å². The van der Waals surface area contributed by atoms with Crippen LogP contribution in [0.4, 0.5) is 11.6 Å². The Hall–Kier alpha value is -2.43. The number of amidine groups is 1. The number of pyridine rings is 1. The van der Waals surface area contributed by atoms with Crippen molar-refractivity contribution in [3.8, 4) is 6.07 Å². The monoisotopic (exact) mass is 395 g/mol. The molecule has 3 aliphatic rings. The summed E-state index contributed by atoms with van der Waals surface area (Å²) >= 11 is 0. The van der Waals surface area contributed by atoms with Crippen LogP contribution in [0.15, 0.2) is 28.8 Å². The van der Waals surface area contributed by atoms with E-state index in [0.29, 0.717) is 29.2 Å². The van der Waals surface area contributed by atoms with Crippen molar-refractivity contribution in [3.63, 3.8) is 0 Å². The van der Waals surface area contributed by atoms with Crippen molar-refractivity contribution in [1.82, 2.24) is 4.98 Å². The maximum absolute atomic E-state index is 9.24. The molecule has 0 atom stereocenters. The van der Waals surface area contributed by atoms with E-state index in [1.54, 1.807) is 13.1 Å². The van der Waals surface area contributed by atoms with Crippen molar-refractivity contribution in [1.29, 1.82) is 5.26 Å². The van der Waals surface area contributed by atoms with E-state index in [1.165, 1.54) is 5.56 Å². The molecule has 4 rings (SSSR count). The van der Waals surface area contributed by atoms with Crippen LogP contribution in [-0.4, -0.2) is 57.4 Å². The first-order chi connectivity index (χ1) is 14.1. The van der Waals surface area contributed by atoms with Gasteiger partial charge in [0.25, 0.3) is 0 Å². The van der Waals surface area contributed by atoms with E-state index in [9.17, 15) is 5.26 Å². The van der Waals surface area contributed by atoms with Gasteiger partial charge in [0.05, 0.1) is 24.7 Å². The lowest BCUT2D eigenvalue weighted by Gasteiger charge is -2.55. The fourth-order valence-electron chi connectivity index (χ4n) is 4.19. The van der Waals surface area contributed by atoms with Gasteiger partial charge in [-0.05, 0) is 49.0 Å². The molecule has 4 heterocycles. The number of nitriles is 1. The lowest BCUT2D eigenvalue weighted by Crippen LogP contribution is -2.66. The van der Waals surface area contributed by atoms with Gasteiger partial charge < -0.3 is 19.7 Å². The van der Waals surface area contributed by atoms with Gasteiger partial charge in [0.1, 0.15) is 17.5 Å². The summed E-state index contributed by atoms with van der Waals surface area (Å²) in [5, 5.41) is 12.6. The van der Waals surface area contributed by atoms with E-state index in [0.717, 1.165) is 64.0 Å². The highest BCUT2D eigenvalue weighted by molar-refractivity contribution is 6.04. The first kappa shape index (κ1) is 19.9. The second-order valence-electron chi connectivity index (χ2n) is 8.25. The molecule has 0 aliphatic carbocycles. The van der Waals surface area contributed by atoms with Crippen molar-refractivity contribution < 1.29 is 9.47 Å². The van der Waals surface area contributed by atoms with Gasteiger partial charge in [-0.1, -0.05) is 6.92 Å². The summed E-state index contributed by atoms with van der Waals surface area (Å²) in [5.74, 6) is 2.92. The molecule has 0 unspecified atom stereocenters. The second-order valence-corrected chi connectivity index (χ2v) is 8.25. The molecule has 0 radical (unpaired) electrons. The Morgan fingerprint density at radius 3 is 2.69 bits per heavy atom. The highest BCUT2D eigenvalue weighted by Gasteiger charge is 2.49. The van der Waals surface area contributed by atoms with Gasteiger partial charge >= 0.3 is 0 Å². The van der Waals surface area contributed by atoms with Gasteiger partial charge in [-0.15, -0.1) is 0 Å². The Labute approximate surface area is 172 Å². The van der Waals surface area contributed by atoms with E-state index in [-0.39, 0.29) is 0 Å². The number of aromatic nitrogens is 1. The zero-order valence-corrected chi connectivity index (χ0v) is 17.3. The summed E-state index contributed by atoms with van der Waals surface area (Å²) < 4.78 is 11.0. The van der Waals surface area contributed by atoms with Crippen LogP contribution in [0.25, 0.3) is 0 Å². The molecule has 7 heteroatoms. The molecule has 3 fully saturated rings. The number of nitrogens with one attached hydrogen (secondary N) is 1. The van der Waals surface area contributed by atoms with E-state index in [4.69, 9.17) is 14.5 Å². The molecule has 0 amide bonds. The van der Waals surface area contributed by atoms with Crippen molar-refractivity contribution in [2.24, 2.45) is 10.4 Å². The molecule has 1 aromatic rings. The predicted octanol–water partition coefficient (Wildman–Crippen LogP) is 3.11. The van der Waals surface area contributed by atoms with Gasteiger partial charge in [-0.2, -0.15) is 5.26 Å². The maximum Gasteiger partial charge on any atom is 0.134 e. The highest BCUT2D eigenvalue weighted by Crippen LogP contribution is 2.41. The van der Waals surface area contributed by atoms with Crippen LogP contribution in [0.5, 0.6) is 0 Å². The zero-order chi connectivity index (χ0) is 20.3. The SMILES string of the molecule is CC/C(C#N)=C\C(=NC)Nc1cc(C2CCOCC2)cc(N2CC3(COC3)C2)n1. The van der Waals surface area contributed by atoms with Gasteiger partial charge in [-0.25, -0.2) is 4.98 Å². The van der Waals surface area contributed by atoms with Crippen molar-refractivity contribution in [2.45, 2.75) is 32.1 Å². The third-order valence-electron chi connectivity index (χ3n) is 6.05. The summed E-state index contributed by atoms with van der Waals surface area (Å²) in [6, 6.07) is 6.58. The Morgan fingerprint density at radius 1 is 1.34 bits per heavy atom. The van der Waals surface area contributed by atoms with Crippen molar-refractivity contribution in [3.05, 3.63) is 29.3 Å². The minimum Gasteiger partial charge on any atom is -0.381 e. The number of nitrogens with zero attached hydrogens (tertiary/aromatic N) is 4. The molecular formula is C22H29N5O2. The topological polar surface area (TPSA) is 82.8 Å². The molecule has 1 N–H and O–H groups in total. The Bertz CT molecular complexity index is 839. The minimum absolute atomic E-state index is 0.339. The lowest BCUT2D eigenvalue weighted by atomic mass is 9.78. The number of ether oxygens (including phenoxy) is 2. The Balaban J connectivity index is 1.59. The van der Waals surface area contributed by atoms with Gasteiger partial charge in [0, 0.05) is 38.9 Å². The average Bonchev–Trinajstić information content (AvgIpc) is 2.69. The number of rotatable bonds is 5. The number of hydrogen-bond acceptors (Lipinski definition) is 6. The van der Waals surface area contributed by atoms with Crippen LogP contribution >= 0.6 is 0 Å². The average molecular weight is 396 g/mol. The molecule has 7 nitrogen and oxygen atoms in total. The van der Waals surface area contributed by atoms with Gasteiger partial charge in [-0.3, -0.25) is 4.99 Å². The lowest BCUT2D eigenvalue weighted by molar-refractivity contribution is -0.127. The summed E-state index contributed by atoms with van der Waals surface area (Å²) in [7, 11) is 1.72. The number of anilines is 2. The molecule has 0 saturated carbocycles. The maximum atomic E-state index is 9.24. The summed E-state index contributed by atoms with van der Waals surface area (Å²) in [5.41, 5.74) is 2.32. The molecule has 29 heavy (non-hydrogen) atoms. The normalized spacial score (nSPS) is 22.0. The molecule has 3 aliphatic heterocycles. The van der Waals surface area contributed by atoms with Crippen LogP contribution in [-0.2, 0) is 9.47 Å². The number of aliphatic imine (C=N–C) groups is 1. The minimum atomic E-state index is 0.339. The summed E-state index contributed by atoms with van der Waals surface area (Å²) in [6.07, 6.45) is 4.54. The first-order valence-corrected chi connectivity index (χ1v) is 10.4. The quantitative estimate of drug-likeness (QED) is 0.469.